The largest absolute Gasteiger partial charge is 0.295 e. The first-order chi connectivity index (χ1) is 15.7. The summed E-state index contributed by atoms with van der Waals surface area (Å²) in [6.45, 7) is 1.77. The van der Waals surface area contributed by atoms with Crippen LogP contribution in [0, 0.1) is 6.92 Å². The zero-order valence-corrected chi connectivity index (χ0v) is 20.4. The van der Waals surface area contributed by atoms with Gasteiger partial charge in [-0.1, -0.05) is 29.8 Å². The Kier molecular flexibility index (Phi) is 6.55. The molecular formula is C23H18BrClN4O3S. The van der Waals surface area contributed by atoms with Gasteiger partial charge in [-0.2, -0.15) is 0 Å². The molecular weight excluding hydrogens is 528 g/mol. The quantitative estimate of drug-likeness (QED) is 0.316. The Labute approximate surface area is 203 Å². The van der Waals surface area contributed by atoms with Crippen LogP contribution in [0.3, 0.4) is 0 Å². The number of aryl methyl sites for hydroxylation is 1. The molecule has 0 aliphatic carbocycles. The van der Waals surface area contributed by atoms with Crippen molar-refractivity contribution in [3.63, 3.8) is 0 Å². The molecule has 10 heteroatoms. The van der Waals surface area contributed by atoms with Gasteiger partial charge in [-0.25, -0.2) is 13.1 Å². The molecule has 0 saturated heterocycles. The number of anilines is 1. The Balaban J connectivity index is 1.56. The number of para-hydroxylation sites is 1. The number of hydrogen-bond acceptors (Lipinski definition) is 4. The fourth-order valence-electron chi connectivity index (χ4n) is 3.11. The number of aromatic amines is 1. The molecule has 3 aromatic carbocycles. The minimum atomic E-state index is -3.76. The minimum Gasteiger partial charge on any atom is -0.295 e. The number of benzene rings is 3. The molecule has 7 nitrogen and oxygen atoms in total. The van der Waals surface area contributed by atoms with Crippen molar-refractivity contribution in [1.29, 1.82) is 0 Å². The molecule has 0 aliphatic heterocycles. The van der Waals surface area contributed by atoms with Gasteiger partial charge in [0.2, 0.25) is 0 Å². The first-order valence-corrected chi connectivity index (χ1v) is 12.4. The lowest BCUT2D eigenvalue weighted by atomic mass is 10.2. The Hall–Kier alpha value is -3.14. The van der Waals surface area contributed by atoms with Crippen molar-refractivity contribution in [3.05, 3.63) is 104 Å². The van der Waals surface area contributed by atoms with Gasteiger partial charge >= 0.3 is 0 Å². The fourth-order valence-corrected chi connectivity index (χ4v) is 4.89. The van der Waals surface area contributed by atoms with E-state index in [0.717, 1.165) is 0 Å². The van der Waals surface area contributed by atoms with E-state index < -0.39 is 10.0 Å². The number of rotatable bonds is 6. The van der Waals surface area contributed by atoms with Crippen molar-refractivity contribution in [3.8, 4) is 5.69 Å². The molecule has 1 aromatic heterocycles. The van der Waals surface area contributed by atoms with Crippen LogP contribution in [0.15, 0.2) is 92.0 Å². The van der Waals surface area contributed by atoms with E-state index in [1.807, 2.05) is 0 Å². The zero-order valence-electron chi connectivity index (χ0n) is 17.3. The van der Waals surface area contributed by atoms with Crippen LogP contribution >= 0.6 is 27.5 Å². The number of nitrogens with zero attached hydrogens (tertiary/aromatic N) is 2. The van der Waals surface area contributed by atoms with Gasteiger partial charge in [0.1, 0.15) is 0 Å². The van der Waals surface area contributed by atoms with Crippen molar-refractivity contribution in [2.75, 3.05) is 4.72 Å². The average Bonchev–Trinajstić information content (AvgIpc) is 3.07. The highest BCUT2D eigenvalue weighted by atomic mass is 79.9. The van der Waals surface area contributed by atoms with Crippen LogP contribution in [0.4, 0.5) is 11.4 Å². The van der Waals surface area contributed by atoms with Crippen molar-refractivity contribution in [1.82, 2.24) is 9.78 Å². The van der Waals surface area contributed by atoms with E-state index in [2.05, 4.69) is 30.7 Å². The first-order valence-electron chi connectivity index (χ1n) is 9.74. The van der Waals surface area contributed by atoms with Crippen LogP contribution in [0.25, 0.3) is 5.69 Å². The average molecular weight is 546 g/mol. The summed E-state index contributed by atoms with van der Waals surface area (Å²) < 4.78 is 29.9. The normalized spacial score (nSPS) is 11.7. The van der Waals surface area contributed by atoms with Crippen LogP contribution in [0.2, 0.25) is 5.02 Å². The summed E-state index contributed by atoms with van der Waals surface area (Å²) in [6.07, 6.45) is 1.46. The third kappa shape index (κ3) is 5.11. The molecule has 0 bridgehead atoms. The summed E-state index contributed by atoms with van der Waals surface area (Å²) in [5.41, 5.74) is 2.32. The Morgan fingerprint density at radius 1 is 1.06 bits per heavy atom. The SMILES string of the molecule is Cc1[nH]n(-c2cccc(Cl)c2)c(=O)c1C=Nc1ccc(S(=O)(=O)Nc2ccccc2Br)cc1. The molecule has 0 amide bonds. The Bertz CT molecular complexity index is 1510. The molecule has 2 N–H and O–H groups in total. The number of hydrogen-bond donors (Lipinski definition) is 2. The van der Waals surface area contributed by atoms with E-state index in [0.29, 0.717) is 37.8 Å². The number of sulfonamides is 1. The molecule has 0 spiro atoms. The van der Waals surface area contributed by atoms with Gasteiger partial charge in [0.15, 0.2) is 0 Å². The van der Waals surface area contributed by atoms with Crippen molar-refractivity contribution >= 4 is 55.1 Å². The van der Waals surface area contributed by atoms with Crippen LogP contribution in [0.5, 0.6) is 0 Å². The van der Waals surface area contributed by atoms with Gasteiger partial charge < -0.3 is 0 Å². The summed E-state index contributed by atoms with van der Waals surface area (Å²) in [5.74, 6) is 0. The standard InChI is InChI=1S/C23H18BrClN4O3S/c1-15-20(23(30)29(27-15)18-6-4-5-16(25)13-18)14-26-17-9-11-19(12-10-17)33(31,32)28-22-8-3-2-7-21(22)24/h2-14,27-28H,1H3. The van der Waals surface area contributed by atoms with Gasteiger partial charge in [0, 0.05) is 21.4 Å². The number of aromatic nitrogens is 2. The van der Waals surface area contributed by atoms with E-state index in [-0.39, 0.29) is 10.5 Å². The highest BCUT2D eigenvalue weighted by molar-refractivity contribution is 9.10. The molecule has 168 valence electrons. The maximum absolute atomic E-state index is 12.8. The maximum atomic E-state index is 12.8. The molecule has 4 aromatic rings. The maximum Gasteiger partial charge on any atom is 0.280 e. The van der Waals surface area contributed by atoms with Crippen LogP contribution in [-0.4, -0.2) is 24.4 Å². The second-order valence-corrected chi connectivity index (χ2v) is 10.1. The molecule has 0 aliphatic rings. The lowest BCUT2D eigenvalue weighted by Gasteiger charge is -2.09. The molecule has 0 radical (unpaired) electrons. The second kappa shape index (κ2) is 9.38. The van der Waals surface area contributed by atoms with Crippen LogP contribution in [-0.2, 0) is 10.0 Å². The number of H-pyrrole nitrogens is 1. The zero-order chi connectivity index (χ0) is 23.6. The summed E-state index contributed by atoms with van der Waals surface area (Å²) >= 11 is 9.35. The topological polar surface area (TPSA) is 96.3 Å². The van der Waals surface area contributed by atoms with E-state index >= 15 is 0 Å². The van der Waals surface area contributed by atoms with Gasteiger partial charge in [0.25, 0.3) is 15.6 Å². The lowest BCUT2D eigenvalue weighted by molar-refractivity contribution is 0.601. The molecule has 1 heterocycles. The predicted molar refractivity (Wildman–Crippen MR) is 135 cm³/mol. The van der Waals surface area contributed by atoms with E-state index in [4.69, 9.17) is 11.6 Å². The number of aliphatic imine (C=N–C) groups is 1. The molecule has 33 heavy (non-hydrogen) atoms. The van der Waals surface area contributed by atoms with Gasteiger partial charge in [-0.05, 0) is 77.5 Å². The molecule has 0 atom stereocenters. The molecule has 4 rings (SSSR count). The highest BCUT2D eigenvalue weighted by Crippen LogP contribution is 2.25. The molecule has 0 saturated carbocycles. The van der Waals surface area contributed by atoms with Crippen molar-refractivity contribution < 1.29 is 8.42 Å². The van der Waals surface area contributed by atoms with Gasteiger partial charge in [0.05, 0.1) is 27.5 Å². The minimum absolute atomic E-state index is 0.0957. The number of halogens is 2. The Morgan fingerprint density at radius 2 is 1.79 bits per heavy atom. The van der Waals surface area contributed by atoms with Gasteiger partial charge in [-0.15, -0.1) is 0 Å². The smallest absolute Gasteiger partial charge is 0.280 e. The third-order valence-corrected chi connectivity index (χ3v) is 7.10. The van der Waals surface area contributed by atoms with Crippen LogP contribution < -0.4 is 10.3 Å². The number of nitrogens with one attached hydrogen (secondary N) is 2. The summed E-state index contributed by atoms with van der Waals surface area (Å²) in [5, 5.41) is 3.53. The fraction of sp³-hybridized carbons (Fsp3) is 0.0435. The monoisotopic (exact) mass is 544 g/mol. The molecule has 0 fully saturated rings. The summed E-state index contributed by atoms with van der Waals surface area (Å²) in [6, 6.07) is 19.9. The molecule has 0 unspecified atom stereocenters. The first kappa shape index (κ1) is 23.0. The summed E-state index contributed by atoms with van der Waals surface area (Å²) in [7, 11) is -3.76. The van der Waals surface area contributed by atoms with E-state index in [1.165, 1.54) is 23.0 Å². The van der Waals surface area contributed by atoms with E-state index in [9.17, 15) is 13.2 Å². The summed E-state index contributed by atoms with van der Waals surface area (Å²) in [4.78, 5) is 17.2. The van der Waals surface area contributed by atoms with Crippen molar-refractivity contribution in [2.24, 2.45) is 4.99 Å². The van der Waals surface area contributed by atoms with Crippen molar-refractivity contribution in [2.45, 2.75) is 11.8 Å². The second-order valence-electron chi connectivity index (χ2n) is 7.11. The van der Waals surface area contributed by atoms with Gasteiger partial charge in [-0.3, -0.25) is 19.6 Å². The third-order valence-electron chi connectivity index (χ3n) is 4.79. The van der Waals surface area contributed by atoms with Crippen LogP contribution in [0.1, 0.15) is 11.3 Å². The predicted octanol–water partition coefficient (Wildman–Crippen LogP) is 5.44. The van der Waals surface area contributed by atoms with E-state index in [1.54, 1.807) is 67.6 Å². The lowest BCUT2D eigenvalue weighted by Crippen LogP contribution is -2.17. The highest BCUT2D eigenvalue weighted by Gasteiger charge is 2.15. The Morgan fingerprint density at radius 3 is 2.48 bits per heavy atom.